The van der Waals surface area contributed by atoms with Crippen molar-refractivity contribution in [2.24, 2.45) is 11.7 Å². The molecule has 0 aliphatic heterocycles. The third kappa shape index (κ3) is 3.26. The number of nitrogens with one attached hydrogen (secondary N) is 1. The Bertz CT molecular complexity index is 615. The van der Waals surface area contributed by atoms with Crippen LogP contribution < -0.4 is 10.5 Å². The lowest BCUT2D eigenvalue weighted by Crippen LogP contribution is -2.45. The topological polar surface area (TPSA) is 72.2 Å². The molecule has 8 heteroatoms. The molecule has 0 saturated heterocycles. The van der Waals surface area contributed by atoms with Crippen LogP contribution in [0.15, 0.2) is 23.1 Å². The maximum absolute atomic E-state index is 13.5. The molecule has 2 rings (SSSR count). The standard InChI is InChI=1S/C11H12F2N2O2S2/c12-7-3-4-8(13)9(5-7)19(16,17)15-10(11(14)18)6-1-2-6/h3-6,10,15H,1-2H2,(H2,14,18). The number of rotatable bonds is 5. The van der Waals surface area contributed by atoms with E-state index in [4.69, 9.17) is 18.0 Å². The Kier molecular flexibility index (Phi) is 3.84. The van der Waals surface area contributed by atoms with Crippen molar-refractivity contribution < 1.29 is 17.2 Å². The van der Waals surface area contributed by atoms with Crippen LogP contribution in [0.3, 0.4) is 0 Å². The molecule has 0 radical (unpaired) electrons. The van der Waals surface area contributed by atoms with Crippen LogP contribution in [0.2, 0.25) is 0 Å². The molecular formula is C11H12F2N2O2S2. The van der Waals surface area contributed by atoms with Gasteiger partial charge in [-0.15, -0.1) is 0 Å². The van der Waals surface area contributed by atoms with Crippen LogP contribution in [0.4, 0.5) is 8.78 Å². The number of thiocarbonyl (C=S) groups is 1. The minimum absolute atomic E-state index is 0.00267. The van der Waals surface area contributed by atoms with E-state index in [0.29, 0.717) is 6.07 Å². The van der Waals surface area contributed by atoms with E-state index in [1.165, 1.54) is 0 Å². The van der Waals surface area contributed by atoms with Crippen LogP contribution in [0.1, 0.15) is 12.8 Å². The van der Waals surface area contributed by atoms with Crippen molar-refractivity contribution >= 4 is 27.2 Å². The van der Waals surface area contributed by atoms with E-state index in [-0.39, 0.29) is 10.9 Å². The van der Waals surface area contributed by atoms with E-state index in [1.807, 2.05) is 0 Å². The van der Waals surface area contributed by atoms with Gasteiger partial charge in [0.1, 0.15) is 16.5 Å². The molecule has 3 N–H and O–H groups in total. The highest BCUT2D eigenvalue weighted by atomic mass is 32.2. The Morgan fingerprint density at radius 3 is 2.58 bits per heavy atom. The molecule has 1 fully saturated rings. The average molecular weight is 306 g/mol. The summed E-state index contributed by atoms with van der Waals surface area (Å²) in [5, 5.41) is 0. The predicted octanol–water partition coefficient (Wildman–Crippen LogP) is 1.31. The molecule has 1 aromatic rings. The maximum atomic E-state index is 13.5. The summed E-state index contributed by atoms with van der Waals surface area (Å²) < 4.78 is 52.8. The Morgan fingerprint density at radius 1 is 1.42 bits per heavy atom. The van der Waals surface area contributed by atoms with Crippen LogP contribution in [-0.2, 0) is 10.0 Å². The fourth-order valence-electron chi connectivity index (χ4n) is 1.73. The summed E-state index contributed by atoms with van der Waals surface area (Å²) in [4.78, 5) is -0.739. The molecule has 1 aliphatic rings. The monoisotopic (exact) mass is 306 g/mol. The Balaban J connectivity index is 2.31. The quantitative estimate of drug-likeness (QED) is 0.805. The van der Waals surface area contributed by atoms with Crippen LogP contribution in [0, 0.1) is 17.6 Å². The Morgan fingerprint density at radius 2 is 2.05 bits per heavy atom. The summed E-state index contributed by atoms with van der Waals surface area (Å²) >= 11 is 4.79. The summed E-state index contributed by atoms with van der Waals surface area (Å²) in [7, 11) is -4.20. The van der Waals surface area contributed by atoms with Crippen LogP contribution in [-0.4, -0.2) is 19.4 Å². The van der Waals surface area contributed by atoms with Crippen molar-refractivity contribution in [1.82, 2.24) is 4.72 Å². The molecule has 0 bridgehead atoms. The smallest absolute Gasteiger partial charge is 0.244 e. The highest BCUT2D eigenvalue weighted by Crippen LogP contribution is 2.33. The maximum Gasteiger partial charge on any atom is 0.244 e. The van der Waals surface area contributed by atoms with Crippen LogP contribution in [0.25, 0.3) is 0 Å². The van der Waals surface area contributed by atoms with E-state index < -0.39 is 32.6 Å². The molecule has 0 spiro atoms. The zero-order valence-electron chi connectivity index (χ0n) is 9.77. The van der Waals surface area contributed by atoms with Gasteiger partial charge in [0.2, 0.25) is 10.0 Å². The molecule has 4 nitrogen and oxygen atoms in total. The molecule has 104 valence electrons. The molecular weight excluding hydrogens is 294 g/mol. The minimum atomic E-state index is -4.20. The minimum Gasteiger partial charge on any atom is -0.392 e. The lowest BCUT2D eigenvalue weighted by molar-refractivity contribution is 0.537. The van der Waals surface area contributed by atoms with Gasteiger partial charge in [0.05, 0.1) is 11.0 Å². The molecule has 1 saturated carbocycles. The fourth-order valence-corrected chi connectivity index (χ4v) is 3.43. The lowest BCUT2D eigenvalue weighted by atomic mass is 10.2. The van der Waals surface area contributed by atoms with Gasteiger partial charge < -0.3 is 5.73 Å². The van der Waals surface area contributed by atoms with E-state index in [1.54, 1.807) is 0 Å². The largest absolute Gasteiger partial charge is 0.392 e. The van der Waals surface area contributed by atoms with Gasteiger partial charge in [-0.3, -0.25) is 0 Å². The SMILES string of the molecule is NC(=S)C(NS(=O)(=O)c1cc(F)ccc1F)C1CC1. The zero-order chi connectivity index (χ0) is 14.2. The van der Waals surface area contributed by atoms with E-state index in [9.17, 15) is 17.2 Å². The van der Waals surface area contributed by atoms with E-state index >= 15 is 0 Å². The van der Waals surface area contributed by atoms with Gasteiger partial charge in [0.25, 0.3) is 0 Å². The van der Waals surface area contributed by atoms with E-state index in [2.05, 4.69) is 4.72 Å². The van der Waals surface area contributed by atoms with Crippen molar-refractivity contribution in [2.75, 3.05) is 0 Å². The van der Waals surface area contributed by atoms with Crippen LogP contribution in [0.5, 0.6) is 0 Å². The fraction of sp³-hybridized carbons (Fsp3) is 0.364. The first kappa shape index (κ1) is 14.3. The Labute approximate surface area is 115 Å². The first-order chi connectivity index (χ1) is 8.81. The van der Waals surface area contributed by atoms with Gasteiger partial charge in [0, 0.05) is 0 Å². The van der Waals surface area contributed by atoms with Gasteiger partial charge in [0.15, 0.2) is 0 Å². The second-order valence-corrected chi connectivity index (χ2v) is 6.57. The van der Waals surface area contributed by atoms with Crippen molar-refractivity contribution in [3.8, 4) is 0 Å². The number of nitrogens with two attached hydrogens (primary N) is 1. The molecule has 1 atom stereocenters. The summed E-state index contributed by atoms with van der Waals surface area (Å²) in [6, 6.07) is 1.51. The highest BCUT2D eigenvalue weighted by molar-refractivity contribution is 7.89. The predicted molar refractivity (Wildman–Crippen MR) is 70.0 cm³/mol. The molecule has 0 amide bonds. The average Bonchev–Trinajstić information content (AvgIpc) is 3.13. The summed E-state index contributed by atoms with van der Waals surface area (Å²) in [6.45, 7) is 0. The number of halogens is 2. The Hall–Kier alpha value is -1.12. The van der Waals surface area contributed by atoms with E-state index in [0.717, 1.165) is 25.0 Å². The zero-order valence-corrected chi connectivity index (χ0v) is 11.4. The number of benzene rings is 1. The van der Waals surface area contributed by atoms with Crippen LogP contribution >= 0.6 is 12.2 Å². The number of hydrogen-bond donors (Lipinski definition) is 2. The molecule has 1 unspecified atom stereocenters. The normalized spacial score (nSPS) is 17.2. The number of hydrogen-bond acceptors (Lipinski definition) is 3. The van der Waals surface area contributed by atoms with Crippen molar-refractivity contribution in [3.05, 3.63) is 29.8 Å². The summed E-state index contributed by atoms with van der Waals surface area (Å²) in [6.07, 6.45) is 1.60. The molecule has 0 heterocycles. The van der Waals surface area contributed by atoms with Crippen molar-refractivity contribution in [2.45, 2.75) is 23.8 Å². The van der Waals surface area contributed by atoms with Gasteiger partial charge >= 0.3 is 0 Å². The van der Waals surface area contributed by atoms with Crippen molar-refractivity contribution in [3.63, 3.8) is 0 Å². The summed E-state index contributed by atoms with van der Waals surface area (Å²) in [5.74, 6) is -1.82. The van der Waals surface area contributed by atoms with Gasteiger partial charge in [-0.2, -0.15) is 0 Å². The first-order valence-electron chi connectivity index (χ1n) is 5.58. The van der Waals surface area contributed by atoms with Gasteiger partial charge in [-0.25, -0.2) is 21.9 Å². The molecule has 19 heavy (non-hydrogen) atoms. The lowest BCUT2D eigenvalue weighted by Gasteiger charge is -2.17. The second-order valence-electron chi connectivity index (χ2n) is 4.41. The molecule has 1 aliphatic carbocycles. The van der Waals surface area contributed by atoms with Gasteiger partial charge in [-0.05, 0) is 37.0 Å². The number of sulfonamides is 1. The highest BCUT2D eigenvalue weighted by Gasteiger charge is 2.36. The molecule has 0 aromatic heterocycles. The second kappa shape index (κ2) is 5.10. The third-order valence-electron chi connectivity index (χ3n) is 2.86. The summed E-state index contributed by atoms with van der Waals surface area (Å²) in [5.41, 5.74) is 5.47. The van der Waals surface area contributed by atoms with Crippen molar-refractivity contribution in [1.29, 1.82) is 0 Å². The van der Waals surface area contributed by atoms with Gasteiger partial charge in [-0.1, -0.05) is 12.2 Å². The first-order valence-corrected chi connectivity index (χ1v) is 7.47. The molecule has 1 aromatic carbocycles. The third-order valence-corrected chi connectivity index (χ3v) is 4.57.